The van der Waals surface area contributed by atoms with Gasteiger partial charge in [0.1, 0.15) is 11.5 Å². The second kappa shape index (κ2) is 8.44. The Morgan fingerprint density at radius 3 is 2.63 bits per heavy atom. The van der Waals surface area contributed by atoms with Gasteiger partial charge in [-0.25, -0.2) is 0 Å². The predicted octanol–water partition coefficient (Wildman–Crippen LogP) is 3.16. The summed E-state index contributed by atoms with van der Waals surface area (Å²) in [5, 5.41) is 3.48. The van der Waals surface area contributed by atoms with Gasteiger partial charge >= 0.3 is 0 Å². The van der Waals surface area contributed by atoms with E-state index in [0.29, 0.717) is 0 Å². The summed E-state index contributed by atoms with van der Waals surface area (Å²) in [6.45, 7) is 4.88. The highest BCUT2D eigenvalue weighted by Gasteiger charge is 2.15. The lowest BCUT2D eigenvalue weighted by Gasteiger charge is -2.20. The summed E-state index contributed by atoms with van der Waals surface area (Å²) in [5.41, 5.74) is 1.13. The molecular weight excluding hydrogens is 238 g/mol. The van der Waals surface area contributed by atoms with Crippen molar-refractivity contribution < 1.29 is 9.47 Å². The monoisotopic (exact) mass is 261 g/mol. The van der Waals surface area contributed by atoms with Crippen molar-refractivity contribution in [1.82, 2.24) is 5.32 Å². The van der Waals surface area contributed by atoms with Crippen LogP contribution in [0.5, 0.6) is 11.5 Å². The fourth-order valence-corrected chi connectivity index (χ4v) is 2.07. The van der Waals surface area contributed by atoms with Crippen LogP contribution in [0.25, 0.3) is 0 Å². The predicted molar refractivity (Wildman–Crippen MR) is 78.6 cm³/mol. The van der Waals surface area contributed by atoms with Gasteiger partial charge in [-0.1, -0.05) is 6.92 Å². The molecule has 0 aliphatic rings. The summed E-state index contributed by atoms with van der Waals surface area (Å²) in [5.74, 6) is 7.78. The van der Waals surface area contributed by atoms with Crippen LogP contribution in [-0.2, 0) is 0 Å². The third kappa shape index (κ3) is 4.50. The van der Waals surface area contributed by atoms with E-state index in [1.165, 1.54) is 0 Å². The van der Waals surface area contributed by atoms with E-state index in [1.54, 1.807) is 14.2 Å². The molecule has 104 valence electrons. The molecule has 0 radical (unpaired) electrons. The Morgan fingerprint density at radius 1 is 1.26 bits per heavy atom. The van der Waals surface area contributed by atoms with Crippen LogP contribution in [-0.4, -0.2) is 20.8 Å². The fourth-order valence-electron chi connectivity index (χ4n) is 2.07. The molecule has 0 saturated heterocycles. The molecule has 0 fully saturated rings. The molecule has 0 heterocycles. The number of methoxy groups -OCH3 is 2. The summed E-state index contributed by atoms with van der Waals surface area (Å²) in [6.07, 6.45) is 1.83. The Labute approximate surface area is 116 Å². The van der Waals surface area contributed by atoms with E-state index in [1.807, 2.05) is 25.1 Å². The van der Waals surface area contributed by atoms with Gasteiger partial charge in [-0.15, -0.1) is 11.8 Å². The van der Waals surface area contributed by atoms with E-state index in [2.05, 4.69) is 24.1 Å². The number of rotatable bonds is 7. The standard InChI is InChI=1S/C16H23NO2/c1-5-7-8-9-15(17-6-2)14-12-13(18-3)10-11-16(14)19-4/h10-12,15,17H,6,8-9H2,1-4H3. The third-order valence-corrected chi connectivity index (χ3v) is 3.00. The minimum atomic E-state index is 0.232. The number of hydrogen-bond acceptors (Lipinski definition) is 3. The van der Waals surface area contributed by atoms with Crippen molar-refractivity contribution in [3.8, 4) is 23.3 Å². The van der Waals surface area contributed by atoms with Crippen LogP contribution in [0.2, 0.25) is 0 Å². The molecule has 0 bridgehead atoms. The molecule has 1 unspecified atom stereocenters. The largest absolute Gasteiger partial charge is 0.497 e. The average Bonchev–Trinajstić information content (AvgIpc) is 2.46. The second-order valence-corrected chi connectivity index (χ2v) is 4.18. The molecule has 0 amide bonds. The van der Waals surface area contributed by atoms with Crippen LogP contribution in [0.1, 0.15) is 38.3 Å². The molecule has 1 atom stereocenters. The highest BCUT2D eigenvalue weighted by molar-refractivity contribution is 5.42. The Kier molecular flexibility index (Phi) is 6.84. The molecule has 0 spiro atoms. The van der Waals surface area contributed by atoms with E-state index < -0.39 is 0 Å². The maximum atomic E-state index is 5.45. The SMILES string of the molecule is CC#CCCC(NCC)c1cc(OC)ccc1OC. The summed E-state index contributed by atoms with van der Waals surface area (Å²) in [4.78, 5) is 0. The summed E-state index contributed by atoms with van der Waals surface area (Å²) < 4.78 is 10.7. The molecule has 1 rings (SSSR count). The van der Waals surface area contributed by atoms with Crippen LogP contribution >= 0.6 is 0 Å². The maximum Gasteiger partial charge on any atom is 0.123 e. The lowest BCUT2D eigenvalue weighted by atomic mass is 10.0. The van der Waals surface area contributed by atoms with Gasteiger partial charge < -0.3 is 14.8 Å². The quantitative estimate of drug-likeness (QED) is 0.765. The van der Waals surface area contributed by atoms with Crippen molar-refractivity contribution in [3.05, 3.63) is 23.8 Å². The van der Waals surface area contributed by atoms with Gasteiger partial charge in [-0.2, -0.15) is 0 Å². The van der Waals surface area contributed by atoms with Crippen molar-refractivity contribution >= 4 is 0 Å². The Hall–Kier alpha value is -1.66. The Balaban J connectivity index is 2.99. The number of ether oxygens (including phenoxy) is 2. The van der Waals surface area contributed by atoms with Crippen molar-refractivity contribution in [2.75, 3.05) is 20.8 Å². The Bertz CT molecular complexity index is 446. The van der Waals surface area contributed by atoms with Crippen LogP contribution in [0, 0.1) is 11.8 Å². The van der Waals surface area contributed by atoms with Crippen molar-refractivity contribution in [2.45, 2.75) is 32.7 Å². The first-order chi connectivity index (χ1) is 9.26. The molecule has 19 heavy (non-hydrogen) atoms. The van der Waals surface area contributed by atoms with Gasteiger partial charge in [-0.3, -0.25) is 0 Å². The smallest absolute Gasteiger partial charge is 0.123 e. The molecule has 0 aromatic heterocycles. The van der Waals surface area contributed by atoms with E-state index in [-0.39, 0.29) is 6.04 Å². The summed E-state index contributed by atoms with van der Waals surface area (Å²) >= 11 is 0. The average molecular weight is 261 g/mol. The van der Waals surface area contributed by atoms with E-state index in [4.69, 9.17) is 9.47 Å². The molecule has 3 heteroatoms. The van der Waals surface area contributed by atoms with Crippen LogP contribution in [0.4, 0.5) is 0 Å². The van der Waals surface area contributed by atoms with Gasteiger partial charge in [0, 0.05) is 18.0 Å². The molecule has 0 saturated carbocycles. The van der Waals surface area contributed by atoms with E-state index >= 15 is 0 Å². The van der Waals surface area contributed by atoms with Gasteiger partial charge in [0.05, 0.1) is 14.2 Å². The maximum absolute atomic E-state index is 5.45. The van der Waals surface area contributed by atoms with Crippen molar-refractivity contribution in [3.63, 3.8) is 0 Å². The zero-order valence-electron chi connectivity index (χ0n) is 12.2. The summed E-state index contributed by atoms with van der Waals surface area (Å²) in [7, 11) is 3.37. The van der Waals surface area contributed by atoms with Crippen LogP contribution in [0.15, 0.2) is 18.2 Å². The van der Waals surface area contributed by atoms with E-state index in [9.17, 15) is 0 Å². The molecule has 1 aromatic rings. The highest BCUT2D eigenvalue weighted by atomic mass is 16.5. The number of nitrogens with one attached hydrogen (secondary N) is 1. The molecular formula is C16H23NO2. The van der Waals surface area contributed by atoms with Gasteiger partial charge in [-0.05, 0) is 38.1 Å². The molecule has 0 aliphatic heterocycles. The zero-order chi connectivity index (χ0) is 14.1. The first-order valence-electron chi connectivity index (χ1n) is 6.61. The lowest BCUT2D eigenvalue weighted by Crippen LogP contribution is -2.21. The third-order valence-electron chi connectivity index (χ3n) is 3.00. The van der Waals surface area contributed by atoms with E-state index in [0.717, 1.165) is 36.4 Å². The molecule has 0 aliphatic carbocycles. The Morgan fingerprint density at radius 2 is 2.05 bits per heavy atom. The van der Waals surface area contributed by atoms with Crippen molar-refractivity contribution in [2.24, 2.45) is 0 Å². The second-order valence-electron chi connectivity index (χ2n) is 4.18. The normalized spacial score (nSPS) is 11.4. The first kappa shape index (κ1) is 15.4. The molecule has 1 N–H and O–H groups in total. The van der Waals surface area contributed by atoms with Crippen LogP contribution in [0.3, 0.4) is 0 Å². The first-order valence-corrected chi connectivity index (χ1v) is 6.61. The van der Waals surface area contributed by atoms with Gasteiger partial charge in [0.25, 0.3) is 0 Å². The fraction of sp³-hybridized carbons (Fsp3) is 0.500. The lowest BCUT2D eigenvalue weighted by molar-refractivity contribution is 0.387. The van der Waals surface area contributed by atoms with Gasteiger partial charge in [0.2, 0.25) is 0 Å². The summed E-state index contributed by atoms with van der Waals surface area (Å²) in [6, 6.07) is 6.13. The minimum absolute atomic E-state index is 0.232. The van der Waals surface area contributed by atoms with Crippen LogP contribution < -0.4 is 14.8 Å². The molecule has 1 aromatic carbocycles. The zero-order valence-corrected chi connectivity index (χ0v) is 12.2. The van der Waals surface area contributed by atoms with Crippen molar-refractivity contribution in [1.29, 1.82) is 0 Å². The minimum Gasteiger partial charge on any atom is -0.497 e. The van der Waals surface area contributed by atoms with Gasteiger partial charge in [0.15, 0.2) is 0 Å². The number of hydrogen-bond donors (Lipinski definition) is 1. The topological polar surface area (TPSA) is 30.5 Å². The number of benzene rings is 1. The highest BCUT2D eigenvalue weighted by Crippen LogP contribution is 2.31. The molecule has 3 nitrogen and oxygen atoms in total.